The topological polar surface area (TPSA) is 34.1 Å². The minimum Gasteiger partial charge on any atom is -0.189 e. The van der Waals surface area contributed by atoms with Crippen molar-refractivity contribution in [2.75, 3.05) is 0 Å². The molecule has 0 saturated heterocycles. The molecule has 1 rings (SSSR count). The van der Waals surface area contributed by atoms with Crippen LogP contribution in [0.25, 0.3) is 0 Å². The van der Waals surface area contributed by atoms with Gasteiger partial charge in [-0.2, -0.15) is 8.42 Å². The Hall–Kier alpha value is -0.900. The van der Waals surface area contributed by atoms with E-state index in [0.29, 0.717) is 5.56 Å². The molecule has 0 bridgehead atoms. The zero-order chi connectivity index (χ0) is 10.1. The van der Waals surface area contributed by atoms with Gasteiger partial charge in [-0.25, -0.2) is 0 Å². The Morgan fingerprint density at radius 3 is 2.27 bits per heavy atom. The molecule has 0 radical (unpaired) electrons. The van der Waals surface area contributed by atoms with E-state index in [0.717, 1.165) is 12.1 Å². The highest BCUT2D eigenvalue weighted by Gasteiger charge is 2.09. The average molecular weight is 178 g/mol. The SMILES string of the molecule is [3H]C([3H])c1ccc(S(=O)(=O)F)cc1. The van der Waals surface area contributed by atoms with Crippen molar-refractivity contribution in [3.8, 4) is 0 Å². The zero-order valence-corrected chi connectivity index (χ0v) is 6.31. The Balaban J connectivity index is 3.08. The van der Waals surface area contributed by atoms with Crippen LogP contribution in [-0.4, -0.2) is 8.42 Å². The molecule has 0 unspecified atom stereocenters. The lowest BCUT2D eigenvalue weighted by atomic mass is 10.2. The number of benzene rings is 1. The van der Waals surface area contributed by atoms with Gasteiger partial charge in [-0.05, 0) is 19.0 Å². The molecular weight excluding hydrogens is 167 g/mol. The maximum atomic E-state index is 12.3. The highest BCUT2D eigenvalue weighted by Crippen LogP contribution is 2.11. The second kappa shape index (κ2) is 2.62. The van der Waals surface area contributed by atoms with Gasteiger partial charge in [-0.15, -0.1) is 3.89 Å². The van der Waals surface area contributed by atoms with Gasteiger partial charge in [0.05, 0.1) is 4.90 Å². The lowest BCUT2D eigenvalue weighted by molar-refractivity contribution is 0.552. The summed E-state index contributed by atoms with van der Waals surface area (Å²) >= 11 is 0. The van der Waals surface area contributed by atoms with E-state index in [-0.39, 0.29) is 0 Å². The quantitative estimate of drug-likeness (QED) is 0.613. The Morgan fingerprint density at radius 1 is 1.36 bits per heavy atom. The van der Waals surface area contributed by atoms with Gasteiger partial charge in [-0.1, -0.05) is 17.7 Å². The van der Waals surface area contributed by atoms with Crippen molar-refractivity contribution in [3.63, 3.8) is 0 Å². The summed E-state index contributed by atoms with van der Waals surface area (Å²) in [7, 11) is -4.67. The fourth-order valence-electron chi connectivity index (χ4n) is 0.630. The second-order valence-corrected chi connectivity index (χ2v) is 3.35. The fourth-order valence-corrected chi connectivity index (χ4v) is 1.09. The predicted molar refractivity (Wildman–Crippen MR) is 39.5 cm³/mol. The van der Waals surface area contributed by atoms with E-state index in [1.165, 1.54) is 12.1 Å². The minimum atomic E-state index is -4.67. The van der Waals surface area contributed by atoms with Crippen LogP contribution in [0.15, 0.2) is 29.2 Å². The van der Waals surface area contributed by atoms with Crippen molar-refractivity contribution < 1.29 is 15.0 Å². The molecule has 60 valence electrons. The molecule has 0 fully saturated rings. The molecule has 1 aromatic rings. The average Bonchev–Trinajstić information content (AvgIpc) is 2.03. The van der Waals surface area contributed by atoms with Crippen molar-refractivity contribution in [2.24, 2.45) is 0 Å². The Kier molecular flexibility index (Phi) is 1.36. The molecule has 1 aromatic carbocycles. The van der Waals surface area contributed by atoms with Gasteiger partial charge in [0.25, 0.3) is 0 Å². The molecule has 0 saturated carbocycles. The van der Waals surface area contributed by atoms with E-state index in [1.54, 1.807) is 0 Å². The summed E-state index contributed by atoms with van der Waals surface area (Å²) in [4.78, 5) is -0.447. The van der Waals surface area contributed by atoms with Crippen LogP contribution < -0.4 is 0 Å². The van der Waals surface area contributed by atoms with Gasteiger partial charge in [0.15, 0.2) is 0 Å². The minimum absolute atomic E-state index is 0.326. The number of rotatable bonds is 1. The van der Waals surface area contributed by atoms with Gasteiger partial charge in [0, 0.05) is 2.74 Å². The first-order chi connectivity index (χ1) is 5.91. The molecule has 11 heavy (non-hydrogen) atoms. The van der Waals surface area contributed by atoms with Gasteiger partial charge < -0.3 is 0 Å². The van der Waals surface area contributed by atoms with Crippen LogP contribution in [0.5, 0.6) is 0 Å². The highest BCUT2D eigenvalue weighted by atomic mass is 32.3. The molecule has 0 aliphatic heterocycles. The lowest BCUT2D eigenvalue weighted by Gasteiger charge is -1.93. The first-order valence-electron chi connectivity index (χ1n) is 3.96. The molecule has 0 heterocycles. The third-order valence-corrected chi connectivity index (χ3v) is 2.00. The fraction of sp³-hybridized carbons (Fsp3) is 0.143. The van der Waals surface area contributed by atoms with Crippen LogP contribution in [0.1, 0.15) is 8.30 Å². The van der Waals surface area contributed by atoms with Crippen LogP contribution in [0.3, 0.4) is 0 Å². The van der Waals surface area contributed by atoms with Gasteiger partial charge in [0.2, 0.25) is 0 Å². The van der Waals surface area contributed by atoms with Crippen LogP contribution >= 0.6 is 0 Å². The highest BCUT2D eigenvalue weighted by molar-refractivity contribution is 7.86. The van der Waals surface area contributed by atoms with Crippen molar-refractivity contribution in [1.29, 1.82) is 0 Å². The lowest BCUT2D eigenvalue weighted by Crippen LogP contribution is -1.90. The smallest absolute Gasteiger partial charge is 0.189 e. The molecule has 0 aliphatic rings. The summed E-state index contributed by atoms with van der Waals surface area (Å²) < 4.78 is 47.0. The van der Waals surface area contributed by atoms with E-state index in [1.807, 2.05) is 0 Å². The molecule has 0 aromatic heterocycles. The normalized spacial score (nSPS) is 14.4. The van der Waals surface area contributed by atoms with Crippen LogP contribution in [-0.2, 0) is 10.2 Å². The summed E-state index contributed by atoms with van der Waals surface area (Å²) in [5.41, 5.74) is 0.326. The van der Waals surface area contributed by atoms with Gasteiger partial charge >= 0.3 is 10.2 Å². The summed E-state index contributed by atoms with van der Waals surface area (Å²) in [5.74, 6) is 0. The monoisotopic (exact) mass is 178 g/mol. The zero-order valence-electron chi connectivity index (χ0n) is 7.49. The number of aryl methyl sites for hydroxylation is 1. The van der Waals surface area contributed by atoms with Crippen molar-refractivity contribution in [2.45, 2.75) is 11.8 Å². The molecule has 0 aliphatic carbocycles. The van der Waals surface area contributed by atoms with Crippen LogP contribution in [0.4, 0.5) is 3.89 Å². The summed E-state index contributed by atoms with van der Waals surface area (Å²) in [6.45, 7) is -1.18. The predicted octanol–water partition coefficient (Wildman–Crippen LogP) is 1.65. The number of hydrogen-bond donors (Lipinski definition) is 0. The van der Waals surface area contributed by atoms with E-state index < -0.39 is 22.0 Å². The number of hydrogen-bond acceptors (Lipinski definition) is 2. The second-order valence-electron chi connectivity index (χ2n) is 2.01. The van der Waals surface area contributed by atoms with E-state index >= 15 is 0 Å². The maximum Gasteiger partial charge on any atom is 0.332 e. The standard InChI is InChI=1S/C7H7FO2S/c1-6-2-4-7(5-3-6)11(8,9)10/h2-5H,1H3/i1T2. The van der Waals surface area contributed by atoms with Crippen molar-refractivity contribution >= 4 is 10.2 Å². The van der Waals surface area contributed by atoms with Gasteiger partial charge in [0.1, 0.15) is 0 Å². The van der Waals surface area contributed by atoms with E-state index in [4.69, 9.17) is 2.74 Å². The van der Waals surface area contributed by atoms with Crippen molar-refractivity contribution in [3.05, 3.63) is 29.8 Å². The van der Waals surface area contributed by atoms with Crippen LogP contribution in [0, 0.1) is 6.88 Å². The first kappa shape index (κ1) is 5.71. The maximum absolute atomic E-state index is 12.3. The molecule has 4 heteroatoms. The Morgan fingerprint density at radius 2 is 1.91 bits per heavy atom. The molecule has 0 amide bonds. The van der Waals surface area contributed by atoms with E-state index in [2.05, 4.69) is 0 Å². The van der Waals surface area contributed by atoms with Crippen molar-refractivity contribution in [1.82, 2.24) is 0 Å². The number of halogens is 1. The molecule has 0 N–H and O–H groups in total. The Bertz CT molecular complexity index is 385. The largest absolute Gasteiger partial charge is 0.332 e. The third-order valence-electron chi connectivity index (χ3n) is 1.16. The molecule has 0 spiro atoms. The molecule has 0 atom stereocenters. The van der Waals surface area contributed by atoms with Gasteiger partial charge in [-0.3, -0.25) is 0 Å². The van der Waals surface area contributed by atoms with E-state index in [9.17, 15) is 12.3 Å². The Labute approximate surface area is 67.7 Å². The molecular formula is C7H7FO2S. The first-order valence-corrected chi connectivity index (χ1v) is 4.19. The summed E-state index contributed by atoms with van der Waals surface area (Å²) in [5, 5.41) is 0. The van der Waals surface area contributed by atoms with Crippen LogP contribution in [0.2, 0.25) is 0 Å². The third kappa shape index (κ3) is 2.01. The summed E-state index contributed by atoms with van der Waals surface area (Å²) in [6, 6.07) is 4.58. The molecule has 2 nitrogen and oxygen atoms in total. The summed E-state index contributed by atoms with van der Waals surface area (Å²) in [6.07, 6.45) is 0.